The monoisotopic (exact) mass is 764 g/mol. The number of hydrogen-bond acceptors (Lipinski definition) is 2. The van der Waals surface area contributed by atoms with Crippen LogP contribution in [0, 0.1) is 0 Å². The Labute approximate surface area is 346 Å². The summed E-state index contributed by atoms with van der Waals surface area (Å²) in [5.74, 6) is 0. The van der Waals surface area contributed by atoms with E-state index >= 15 is 0 Å². The summed E-state index contributed by atoms with van der Waals surface area (Å²) < 4.78 is 4.78. The molecule has 0 amide bonds. The first-order chi connectivity index (χ1) is 29.8. The fourth-order valence-corrected chi connectivity index (χ4v) is 9.09. The van der Waals surface area contributed by atoms with Crippen molar-refractivity contribution in [2.75, 3.05) is 0 Å². The standard InChI is InChI=1S/C56H36N4/c1-4-15-37(16-5-1)39-27-31-41(32-28-39)54-55(42-33-29-40(30-34-42)38-17-6-2-7-18-38)58-56-48(57-54)23-14-26-51(56)60-50-25-13-11-22-45(50)47-35-46-44-21-10-12-24-49(44)59(52(46)36-53(47)60)43-19-8-3-9-20-43/h1-36H. The second-order valence-corrected chi connectivity index (χ2v) is 15.4. The van der Waals surface area contributed by atoms with Gasteiger partial charge in [0.05, 0.1) is 44.7 Å². The third kappa shape index (κ3) is 5.46. The minimum Gasteiger partial charge on any atom is -0.309 e. The van der Waals surface area contributed by atoms with Crippen LogP contribution in [0.4, 0.5) is 0 Å². The van der Waals surface area contributed by atoms with Crippen LogP contribution in [0.3, 0.4) is 0 Å². The number of nitrogens with zero attached hydrogens (tertiary/aromatic N) is 4. The largest absolute Gasteiger partial charge is 0.309 e. The van der Waals surface area contributed by atoms with Gasteiger partial charge in [-0.05, 0) is 70.8 Å². The summed E-state index contributed by atoms with van der Waals surface area (Å²) in [6.07, 6.45) is 0. The van der Waals surface area contributed by atoms with Crippen LogP contribution >= 0.6 is 0 Å². The quantitative estimate of drug-likeness (QED) is 0.169. The summed E-state index contributed by atoms with van der Waals surface area (Å²) in [6.45, 7) is 0. The summed E-state index contributed by atoms with van der Waals surface area (Å²) in [5, 5.41) is 4.86. The van der Waals surface area contributed by atoms with Gasteiger partial charge in [0.25, 0.3) is 0 Å². The van der Waals surface area contributed by atoms with E-state index in [4.69, 9.17) is 9.97 Å². The number of para-hydroxylation sites is 4. The molecule has 0 aliphatic carbocycles. The van der Waals surface area contributed by atoms with E-state index < -0.39 is 0 Å². The van der Waals surface area contributed by atoms with E-state index in [9.17, 15) is 0 Å². The summed E-state index contributed by atoms with van der Waals surface area (Å²) in [4.78, 5) is 11.1. The van der Waals surface area contributed by atoms with Crippen molar-refractivity contribution in [2.45, 2.75) is 0 Å². The van der Waals surface area contributed by atoms with Crippen LogP contribution < -0.4 is 0 Å². The third-order valence-electron chi connectivity index (χ3n) is 11.9. The second-order valence-electron chi connectivity index (χ2n) is 15.4. The Morgan fingerprint density at radius 1 is 0.283 bits per heavy atom. The van der Waals surface area contributed by atoms with E-state index in [-0.39, 0.29) is 0 Å². The van der Waals surface area contributed by atoms with Gasteiger partial charge in [-0.15, -0.1) is 0 Å². The zero-order valence-corrected chi connectivity index (χ0v) is 32.6. The van der Waals surface area contributed by atoms with Crippen LogP contribution in [0.5, 0.6) is 0 Å². The summed E-state index contributed by atoms with van der Waals surface area (Å²) >= 11 is 0. The fraction of sp³-hybridized carbons (Fsp3) is 0. The van der Waals surface area contributed by atoms with Gasteiger partial charge in [0, 0.05) is 38.4 Å². The van der Waals surface area contributed by atoms with E-state index in [0.717, 1.165) is 72.6 Å². The molecule has 12 rings (SSSR count). The van der Waals surface area contributed by atoms with Crippen molar-refractivity contribution in [3.8, 4) is 56.1 Å². The third-order valence-corrected chi connectivity index (χ3v) is 11.9. The molecule has 0 saturated carbocycles. The molecule has 0 atom stereocenters. The smallest absolute Gasteiger partial charge is 0.113 e. The molecule has 0 N–H and O–H groups in total. The van der Waals surface area contributed by atoms with Crippen LogP contribution in [0.2, 0.25) is 0 Å². The minimum absolute atomic E-state index is 0.838. The maximum atomic E-state index is 5.65. The van der Waals surface area contributed by atoms with Gasteiger partial charge in [0.1, 0.15) is 5.52 Å². The van der Waals surface area contributed by atoms with Crippen LogP contribution in [0.1, 0.15) is 0 Å². The van der Waals surface area contributed by atoms with E-state index in [1.807, 2.05) is 0 Å². The molecule has 0 aliphatic heterocycles. The van der Waals surface area contributed by atoms with Gasteiger partial charge < -0.3 is 9.13 Å². The van der Waals surface area contributed by atoms with Crippen LogP contribution in [-0.2, 0) is 0 Å². The molecule has 3 heterocycles. The van der Waals surface area contributed by atoms with Crippen molar-refractivity contribution >= 4 is 54.6 Å². The number of fused-ring (bicyclic) bond motifs is 7. The molecule has 0 fully saturated rings. The topological polar surface area (TPSA) is 35.6 Å². The lowest BCUT2D eigenvalue weighted by Gasteiger charge is -2.15. The molecule has 0 saturated heterocycles. The maximum absolute atomic E-state index is 5.65. The first-order valence-electron chi connectivity index (χ1n) is 20.4. The molecule has 0 radical (unpaired) electrons. The van der Waals surface area contributed by atoms with E-state index in [1.165, 1.54) is 38.2 Å². The molecule has 0 aliphatic rings. The first-order valence-corrected chi connectivity index (χ1v) is 20.4. The van der Waals surface area contributed by atoms with Crippen molar-refractivity contribution in [3.05, 3.63) is 218 Å². The molecule has 280 valence electrons. The molecule has 12 aromatic rings. The van der Waals surface area contributed by atoms with Crippen LogP contribution in [-0.4, -0.2) is 19.1 Å². The molecule has 0 unspecified atom stereocenters. The lowest BCUT2D eigenvalue weighted by atomic mass is 9.98. The minimum atomic E-state index is 0.838. The highest BCUT2D eigenvalue weighted by atomic mass is 15.0. The Hall–Kier alpha value is -8.08. The molecule has 0 spiro atoms. The van der Waals surface area contributed by atoms with Gasteiger partial charge in [-0.25, -0.2) is 9.97 Å². The summed E-state index contributed by atoms with van der Waals surface area (Å²) in [6, 6.07) is 77.8. The first kappa shape index (κ1) is 34.0. The molecule has 4 heteroatoms. The molecule has 3 aromatic heterocycles. The predicted octanol–water partition coefficient (Wildman–Crippen LogP) is 14.5. The van der Waals surface area contributed by atoms with E-state index in [2.05, 4.69) is 228 Å². The molecular weight excluding hydrogens is 729 g/mol. The predicted molar refractivity (Wildman–Crippen MR) is 250 cm³/mol. The zero-order valence-electron chi connectivity index (χ0n) is 32.6. The van der Waals surface area contributed by atoms with Gasteiger partial charge in [-0.3, -0.25) is 0 Å². The van der Waals surface area contributed by atoms with Crippen LogP contribution in [0.15, 0.2) is 218 Å². The number of aromatic nitrogens is 4. The Morgan fingerprint density at radius 3 is 1.32 bits per heavy atom. The Kier molecular flexibility index (Phi) is 7.82. The van der Waals surface area contributed by atoms with E-state index in [1.54, 1.807) is 0 Å². The Balaban J connectivity index is 1.11. The van der Waals surface area contributed by atoms with Gasteiger partial charge >= 0.3 is 0 Å². The molecule has 60 heavy (non-hydrogen) atoms. The van der Waals surface area contributed by atoms with Crippen LogP contribution in [0.25, 0.3) is 111 Å². The summed E-state index contributed by atoms with van der Waals surface area (Å²) in [7, 11) is 0. The van der Waals surface area contributed by atoms with Crippen molar-refractivity contribution < 1.29 is 0 Å². The van der Waals surface area contributed by atoms with Crippen molar-refractivity contribution in [1.29, 1.82) is 0 Å². The highest BCUT2D eigenvalue weighted by Gasteiger charge is 2.21. The van der Waals surface area contributed by atoms with Gasteiger partial charge in [0.2, 0.25) is 0 Å². The lowest BCUT2D eigenvalue weighted by molar-refractivity contribution is 1.16. The molecular formula is C56H36N4. The average molecular weight is 765 g/mol. The van der Waals surface area contributed by atoms with Gasteiger partial charge in [-0.2, -0.15) is 0 Å². The van der Waals surface area contributed by atoms with Crippen molar-refractivity contribution in [3.63, 3.8) is 0 Å². The number of benzene rings is 9. The lowest BCUT2D eigenvalue weighted by Crippen LogP contribution is -2.01. The average Bonchev–Trinajstić information content (AvgIpc) is 3.83. The van der Waals surface area contributed by atoms with Gasteiger partial charge in [-0.1, -0.05) is 170 Å². The highest BCUT2D eigenvalue weighted by Crippen LogP contribution is 2.41. The Bertz CT molecular complexity index is 3550. The SMILES string of the molecule is c1ccc(-c2ccc(-c3nc4cccc(-n5c6ccccc6c6cc7c8ccccc8n(-c8ccccc8)c7cc65)c4nc3-c3ccc(-c4ccccc4)cc3)cc2)cc1. The van der Waals surface area contributed by atoms with Crippen molar-refractivity contribution in [1.82, 2.24) is 19.1 Å². The number of hydrogen-bond donors (Lipinski definition) is 0. The fourth-order valence-electron chi connectivity index (χ4n) is 9.09. The second kappa shape index (κ2) is 13.8. The number of rotatable bonds is 6. The normalized spacial score (nSPS) is 11.7. The zero-order chi connectivity index (χ0) is 39.6. The van der Waals surface area contributed by atoms with E-state index in [0.29, 0.717) is 0 Å². The highest BCUT2D eigenvalue weighted by molar-refractivity contribution is 6.19. The van der Waals surface area contributed by atoms with Crippen molar-refractivity contribution in [2.24, 2.45) is 0 Å². The van der Waals surface area contributed by atoms with Gasteiger partial charge in [0.15, 0.2) is 0 Å². The maximum Gasteiger partial charge on any atom is 0.113 e. The molecule has 9 aromatic carbocycles. The molecule has 0 bridgehead atoms. The molecule has 4 nitrogen and oxygen atoms in total. The summed E-state index contributed by atoms with van der Waals surface area (Å²) in [5.41, 5.74) is 16.8. The Morgan fingerprint density at radius 2 is 0.733 bits per heavy atom.